The Morgan fingerprint density at radius 3 is 0.800 bits per heavy atom. The SMILES string of the molecule is CCC(O)COCC(COCC(O)CC)(COCC(O)CC)COCC(CC)OC(C)COCC(COCC(C)O)(COCC(C)O)COCC(C)OC(=O)OC(C)COCC(COCC(C)C)(COCC(C)O)COCC(C)O. The topological polar surface area (TPSA) is 297 Å². The van der Waals surface area contributed by atoms with Gasteiger partial charge < -0.3 is 107 Å². The molecule has 23 nitrogen and oxygen atoms in total. The van der Waals surface area contributed by atoms with E-state index in [1.165, 1.54) is 0 Å². The second-order valence-corrected chi connectivity index (χ2v) is 22.7. The van der Waals surface area contributed by atoms with Crippen LogP contribution in [0.2, 0.25) is 0 Å². The summed E-state index contributed by atoms with van der Waals surface area (Å²) in [5, 5.41) is 70.5. The molecule has 0 aliphatic heterocycles. The van der Waals surface area contributed by atoms with Gasteiger partial charge in [0, 0.05) is 6.61 Å². The van der Waals surface area contributed by atoms with E-state index in [-0.39, 0.29) is 164 Å². The number of aliphatic hydroxyl groups excluding tert-OH is 7. The van der Waals surface area contributed by atoms with Gasteiger partial charge in [0.1, 0.15) is 12.2 Å². The Hall–Kier alpha value is -1.53. The molecule has 11 atom stereocenters. The maximum Gasteiger partial charge on any atom is 0.508 e. The summed E-state index contributed by atoms with van der Waals surface area (Å²) in [6.45, 7) is 25.9. The molecule has 0 saturated heterocycles. The molecule has 0 fully saturated rings. The largest absolute Gasteiger partial charge is 0.508 e. The van der Waals surface area contributed by atoms with E-state index in [1.807, 2.05) is 48.5 Å². The smallest absolute Gasteiger partial charge is 0.429 e. The zero-order valence-electron chi connectivity index (χ0n) is 51.4. The summed E-state index contributed by atoms with van der Waals surface area (Å²) in [6.07, 6.45) is -5.87. The molecule has 0 heterocycles. The molecule has 7 N–H and O–H groups in total. The van der Waals surface area contributed by atoms with Gasteiger partial charge in [0.25, 0.3) is 0 Å². The van der Waals surface area contributed by atoms with Crippen molar-refractivity contribution in [3.05, 3.63) is 0 Å². The van der Waals surface area contributed by atoms with Gasteiger partial charge in [-0.05, 0) is 80.1 Å². The molecule has 0 saturated carbocycles. The first kappa shape index (κ1) is 78.5. The van der Waals surface area contributed by atoms with Crippen molar-refractivity contribution in [2.45, 2.75) is 183 Å². The van der Waals surface area contributed by atoms with Gasteiger partial charge in [0.2, 0.25) is 0 Å². The number of aliphatic hydroxyl groups is 7. The predicted octanol–water partition coefficient (Wildman–Crippen LogP) is 3.75. The minimum absolute atomic E-state index is 0.00366. The highest BCUT2D eigenvalue weighted by atomic mass is 16.7. The molecule has 0 rings (SSSR count). The van der Waals surface area contributed by atoms with Crippen molar-refractivity contribution in [3.63, 3.8) is 0 Å². The lowest BCUT2D eigenvalue weighted by atomic mass is 9.92. The third-order valence-electron chi connectivity index (χ3n) is 12.0. The van der Waals surface area contributed by atoms with E-state index in [4.69, 9.17) is 71.1 Å². The first-order valence-corrected chi connectivity index (χ1v) is 29.1. The van der Waals surface area contributed by atoms with Crippen LogP contribution in [0.25, 0.3) is 0 Å². The average Bonchev–Trinajstić information content (AvgIpc) is 3.37. The van der Waals surface area contributed by atoms with Gasteiger partial charge >= 0.3 is 6.16 Å². The van der Waals surface area contributed by atoms with Gasteiger partial charge in [-0.25, -0.2) is 4.79 Å². The predicted molar refractivity (Wildman–Crippen MR) is 299 cm³/mol. The van der Waals surface area contributed by atoms with Gasteiger partial charge in [-0.1, -0.05) is 41.5 Å². The monoisotopic (exact) mass is 1170 g/mol. The normalized spacial score (nSPS) is 18.7. The Labute approximate surface area is 480 Å². The summed E-state index contributed by atoms with van der Waals surface area (Å²) in [7, 11) is 0. The molecule has 0 bridgehead atoms. The fraction of sp³-hybridized carbons (Fsp3) is 0.982. The molecule has 0 spiro atoms. The molecular formula is C57H114O23. The molecule has 480 valence electrons. The van der Waals surface area contributed by atoms with Crippen LogP contribution in [0.3, 0.4) is 0 Å². The van der Waals surface area contributed by atoms with Gasteiger partial charge in [0.15, 0.2) is 0 Å². The lowest BCUT2D eigenvalue weighted by molar-refractivity contribution is -0.148. The molecular weight excluding hydrogens is 1050 g/mol. The number of ether oxygens (including phenoxy) is 15. The Balaban J connectivity index is 5.90. The molecule has 0 aliphatic rings. The second kappa shape index (κ2) is 46.7. The van der Waals surface area contributed by atoms with Gasteiger partial charge in [-0.15, -0.1) is 0 Å². The number of carbonyl (C=O) groups excluding carboxylic acids is 1. The highest BCUT2D eigenvalue weighted by molar-refractivity contribution is 5.60. The first-order valence-electron chi connectivity index (χ1n) is 29.1. The maximum atomic E-state index is 13.0. The summed E-state index contributed by atoms with van der Waals surface area (Å²) < 4.78 is 89.8. The van der Waals surface area contributed by atoms with Crippen LogP contribution in [0.15, 0.2) is 0 Å². The summed E-state index contributed by atoms with van der Waals surface area (Å²) in [6, 6.07) is 0. The standard InChI is InChI=1S/C57H114O23/c1-14-50(62)26-74-38-57(39-75-27-51(63)15-2,40-76-28-52(64)16-3)41-77-29-53(17-4)78-47(11)23-71-36-56(33-69-21-45(9)60,34-70-22-46(10)61)37-73-25-49(13)80-54(65)79-48(12)24-72-35-55(30-66-18-42(5)6,31-67-19-43(7)58)32-68-20-44(8)59/h42-53,58-64H,14-41H2,1-13H3. The van der Waals surface area contributed by atoms with Crippen LogP contribution in [-0.2, 0) is 71.1 Å². The molecule has 80 heavy (non-hydrogen) atoms. The van der Waals surface area contributed by atoms with Crippen molar-refractivity contribution in [1.82, 2.24) is 0 Å². The zero-order valence-corrected chi connectivity index (χ0v) is 51.4. The number of rotatable bonds is 56. The average molecular weight is 1170 g/mol. The van der Waals surface area contributed by atoms with Crippen LogP contribution in [-0.4, -0.2) is 268 Å². The van der Waals surface area contributed by atoms with Crippen LogP contribution in [0.1, 0.15) is 116 Å². The fourth-order valence-electron chi connectivity index (χ4n) is 7.41. The number of hydrogen-bond acceptors (Lipinski definition) is 23. The van der Waals surface area contributed by atoms with Crippen molar-refractivity contribution in [1.29, 1.82) is 0 Å². The summed E-state index contributed by atoms with van der Waals surface area (Å²) >= 11 is 0. The third kappa shape index (κ3) is 41.5. The van der Waals surface area contributed by atoms with Crippen molar-refractivity contribution in [2.24, 2.45) is 22.2 Å². The molecule has 11 unspecified atom stereocenters. The quantitative estimate of drug-likeness (QED) is 0.0427. The number of carbonyl (C=O) groups is 1. The van der Waals surface area contributed by atoms with E-state index in [1.54, 1.807) is 41.5 Å². The Bertz CT molecular complexity index is 1340. The highest BCUT2D eigenvalue weighted by Gasteiger charge is 2.37. The first-order chi connectivity index (χ1) is 37.9. The molecule has 0 aromatic heterocycles. The van der Waals surface area contributed by atoms with Crippen molar-refractivity contribution >= 4 is 6.16 Å². The lowest BCUT2D eigenvalue weighted by Gasteiger charge is -2.35. The minimum atomic E-state index is -0.955. The van der Waals surface area contributed by atoms with E-state index in [0.29, 0.717) is 32.3 Å². The van der Waals surface area contributed by atoms with Gasteiger partial charge in [-0.3, -0.25) is 0 Å². The van der Waals surface area contributed by atoms with Crippen LogP contribution in [0.4, 0.5) is 4.79 Å². The summed E-state index contributed by atoms with van der Waals surface area (Å²) in [4.78, 5) is 13.0. The van der Waals surface area contributed by atoms with Gasteiger partial charge in [-0.2, -0.15) is 0 Å². The van der Waals surface area contributed by atoms with Crippen molar-refractivity contribution in [2.75, 3.05) is 159 Å². The van der Waals surface area contributed by atoms with E-state index in [2.05, 4.69) is 0 Å². The Kier molecular flexibility index (Phi) is 45.8. The molecule has 0 amide bonds. The van der Waals surface area contributed by atoms with E-state index in [0.717, 1.165) is 0 Å². The lowest BCUT2D eigenvalue weighted by Crippen LogP contribution is -2.44. The maximum absolute atomic E-state index is 13.0. The highest BCUT2D eigenvalue weighted by Crippen LogP contribution is 2.26. The van der Waals surface area contributed by atoms with Crippen molar-refractivity contribution in [3.8, 4) is 0 Å². The summed E-state index contributed by atoms with van der Waals surface area (Å²) in [5.41, 5.74) is -2.59. The zero-order chi connectivity index (χ0) is 60.4. The molecule has 0 radical (unpaired) electrons. The van der Waals surface area contributed by atoms with E-state index >= 15 is 0 Å². The molecule has 0 aromatic carbocycles. The van der Waals surface area contributed by atoms with Crippen LogP contribution in [0.5, 0.6) is 0 Å². The number of hydrogen-bond donors (Lipinski definition) is 7. The second-order valence-electron chi connectivity index (χ2n) is 22.7. The Morgan fingerprint density at radius 2 is 0.550 bits per heavy atom. The molecule has 0 aromatic rings. The van der Waals surface area contributed by atoms with E-state index < -0.39 is 83.4 Å². The molecule has 0 aliphatic carbocycles. The van der Waals surface area contributed by atoms with Crippen molar-refractivity contribution < 1.29 is 112 Å². The molecule has 23 heteroatoms. The fourth-order valence-corrected chi connectivity index (χ4v) is 7.41. The third-order valence-corrected chi connectivity index (χ3v) is 12.0. The van der Waals surface area contributed by atoms with Crippen LogP contribution in [0, 0.1) is 22.2 Å². The van der Waals surface area contributed by atoms with Gasteiger partial charge in [0.05, 0.1) is 223 Å². The minimum Gasteiger partial charge on any atom is -0.429 e. The Morgan fingerprint density at radius 1 is 0.312 bits per heavy atom. The summed E-state index contributed by atoms with van der Waals surface area (Å²) in [5.74, 6) is 0.271. The van der Waals surface area contributed by atoms with Crippen LogP contribution < -0.4 is 0 Å². The van der Waals surface area contributed by atoms with Crippen LogP contribution >= 0.6 is 0 Å². The van der Waals surface area contributed by atoms with E-state index in [9.17, 15) is 40.5 Å².